The van der Waals surface area contributed by atoms with Crippen molar-refractivity contribution < 1.29 is 22.7 Å². The van der Waals surface area contributed by atoms with E-state index in [1.54, 1.807) is 38.1 Å². The van der Waals surface area contributed by atoms with Crippen LogP contribution in [0.4, 0.5) is 13.2 Å². The van der Waals surface area contributed by atoms with Crippen molar-refractivity contribution >= 4 is 16.7 Å². The first-order valence-corrected chi connectivity index (χ1v) is 12.4. The summed E-state index contributed by atoms with van der Waals surface area (Å²) in [5.41, 5.74) is 1.64. The van der Waals surface area contributed by atoms with E-state index in [0.717, 1.165) is 29.0 Å². The molecule has 1 saturated heterocycles. The van der Waals surface area contributed by atoms with Crippen molar-refractivity contribution in [2.45, 2.75) is 84.4 Å². The van der Waals surface area contributed by atoms with Gasteiger partial charge in [-0.2, -0.15) is 13.2 Å². The number of unbranched alkanes of at least 4 members (excludes halogenated alkanes) is 7. The number of halogens is 3. The van der Waals surface area contributed by atoms with Crippen molar-refractivity contribution in [2.24, 2.45) is 5.41 Å². The number of hydrogen-bond acceptors (Lipinski definition) is 3. The molecule has 2 aromatic rings. The number of hydrogen-bond donors (Lipinski definition) is 1. The molecule has 1 aliphatic heterocycles. The van der Waals surface area contributed by atoms with E-state index < -0.39 is 23.5 Å². The summed E-state index contributed by atoms with van der Waals surface area (Å²) in [5.74, 6) is 0.324. The molecule has 0 aliphatic carbocycles. The Kier molecular flexibility index (Phi) is 8.85. The van der Waals surface area contributed by atoms with Gasteiger partial charge in [0, 0.05) is 6.54 Å². The number of carbonyl (C=O) groups is 1. The molecular weight excluding hydrogens is 441 g/mol. The fraction of sp³-hybridized carbons (Fsp3) is 0.593. The predicted molar refractivity (Wildman–Crippen MR) is 129 cm³/mol. The maximum absolute atomic E-state index is 14.0. The lowest BCUT2D eigenvalue weighted by atomic mass is 9.93. The van der Waals surface area contributed by atoms with Gasteiger partial charge in [0.25, 0.3) is 0 Å². The first-order valence-electron chi connectivity index (χ1n) is 12.4. The average Bonchev–Trinajstić information content (AvgIpc) is 3.03. The van der Waals surface area contributed by atoms with Crippen LogP contribution in [0.15, 0.2) is 36.4 Å². The van der Waals surface area contributed by atoms with Crippen molar-refractivity contribution in [3.05, 3.63) is 42.0 Å². The second-order valence-corrected chi connectivity index (χ2v) is 9.99. The highest BCUT2D eigenvalue weighted by atomic mass is 19.4. The number of nitrogens with zero attached hydrogens (tertiary/aromatic N) is 1. The SMILES string of the molecule is CCCCCCCCCCOc1ccc2cc([C@H](N3CC(C)(C)C(=O)N3)C(F)(F)F)ccc2c1. The molecule has 0 aromatic heterocycles. The number of fused-ring (bicyclic) bond motifs is 1. The quantitative estimate of drug-likeness (QED) is 0.325. The van der Waals surface area contributed by atoms with Gasteiger partial charge in [0.1, 0.15) is 11.8 Å². The van der Waals surface area contributed by atoms with Crippen molar-refractivity contribution in [2.75, 3.05) is 13.2 Å². The van der Waals surface area contributed by atoms with Gasteiger partial charge in [0.2, 0.25) is 5.91 Å². The summed E-state index contributed by atoms with van der Waals surface area (Å²) < 4.78 is 47.9. The van der Waals surface area contributed by atoms with Crippen LogP contribution in [0.3, 0.4) is 0 Å². The largest absolute Gasteiger partial charge is 0.494 e. The molecule has 1 N–H and O–H groups in total. The number of benzene rings is 2. The fourth-order valence-electron chi connectivity index (χ4n) is 4.45. The van der Waals surface area contributed by atoms with Crippen LogP contribution in [-0.4, -0.2) is 30.2 Å². The molecule has 0 spiro atoms. The second-order valence-electron chi connectivity index (χ2n) is 9.99. The van der Waals surface area contributed by atoms with Crippen LogP contribution in [-0.2, 0) is 4.79 Å². The van der Waals surface area contributed by atoms with E-state index in [1.165, 1.54) is 44.6 Å². The lowest BCUT2D eigenvalue weighted by molar-refractivity contribution is -0.191. The molecule has 1 fully saturated rings. The normalized spacial score (nSPS) is 17.2. The number of rotatable bonds is 12. The fourth-order valence-corrected chi connectivity index (χ4v) is 4.45. The average molecular weight is 479 g/mol. The molecule has 1 amide bonds. The van der Waals surface area contributed by atoms with Crippen LogP contribution in [0.5, 0.6) is 5.75 Å². The summed E-state index contributed by atoms with van der Waals surface area (Å²) in [4.78, 5) is 12.1. The minimum Gasteiger partial charge on any atom is -0.494 e. The minimum absolute atomic E-state index is 0.0143. The van der Waals surface area contributed by atoms with Crippen LogP contribution in [0.1, 0.15) is 83.7 Å². The van der Waals surface area contributed by atoms with Gasteiger partial charge in [-0.15, -0.1) is 0 Å². The summed E-state index contributed by atoms with van der Waals surface area (Å²) in [5, 5.41) is 2.53. The Morgan fingerprint density at radius 2 is 1.59 bits per heavy atom. The van der Waals surface area contributed by atoms with Crippen molar-refractivity contribution in [1.29, 1.82) is 0 Å². The highest BCUT2D eigenvalue weighted by Crippen LogP contribution is 2.41. The Bertz CT molecular complexity index is 959. The highest BCUT2D eigenvalue weighted by Gasteiger charge is 2.51. The molecule has 188 valence electrons. The van der Waals surface area contributed by atoms with Crippen molar-refractivity contribution in [3.63, 3.8) is 0 Å². The Hall–Kier alpha value is -2.28. The van der Waals surface area contributed by atoms with Gasteiger partial charge in [-0.25, -0.2) is 5.01 Å². The van der Waals surface area contributed by atoms with E-state index in [2.05, 4.69) is 12.3 Å². The lowest BCUT2D eigenvalue weighted by Crippen LogP contribution is -2.43. The number of amides is 1. The summed E-state index contributed by atoms with van der Waals surface area (Å²) in [6.45, 7) is 6.13. The molecular formula is C27H37F3N2O2. The van der Waals surface area contributed by atoms with E-state index in [4.69, 9.17) is 4.74 Å². The number of nitrogens with one attached hydrogen (secondary N) is 1. The monoisotopic (exact) mass is 478 g/mol. The Balaban J connectivity index is 1.60. The molecule has 2 aromatic carbocycles. The Morgan fingerprint density at radius 1 is 0.971 bits per heavy atom. The van der Waals surface area contributed by atoms with Crippen LogP contribution < -0.4 is 10.2 Å². The molecule has 3 rings (SSSR count). The Morgan fingerprint density at radius 3 is 2.21 bits per heavy atom. The van der Waals surface area contributed by atoms with Gasteiger partial charge in [-0.3, -0.25) is 10.2 Å². The molecule has 4 nitrogen and oxygen atoms in total. The van der Waals surface area contributed by atoms with E-state index in [-0.39, 0.29) is 12.1 Å². The third kappa shape index (κ3) is 6.87. The summed E-state index contributed by atoms with van der Waals surface area (Å²) in [7, 11) is 0. The number of carbonyl (C=O) groups excluding carboxylic acids is 1. The number of hydrazine groups is 1. The molecule has 1 aliphatic rings. The summed E-state index contributed by atoms with van der Waals surface area (Å²) >= 11 is 0. The molecule has 0 saturated carbocycles. The molecule has 1 heterocycles. The standard InChI is InChI=1S/C27H37F3N2O2/c1-4-5-6-7-8-9-10-11-16-34-23-15-14-20-17-22(13-12-21(20)18-23)24(27(28,29)30)32-19-26(2,3)25(33)31-32/h12-15,17-18,24H,4-11,16,19H2,1-3H3,(H,31,33)/t24-/m0/s1. The number of ether oxygens (including phenoxy) is 1. The van der Waals surface area contributed by atoms with Gasteiger partial charge >= 0.3 is 6.18 Å². The van der Waals surface area contributed by atoms with Crippen molar-refractivity contribution in [1.82, 2.24) is 10.4 Å². The van der Waals surface area contributed by atoms with Crippen LogP contribution in [0.2, 0.25) is 0 Å². The maximum Gasteiger partial charge on any atom is 0.409 e. The molecule has 0 bridgehead atoms. The summed E-state index contributed by atoms with van der Waals surface area (Å²) in [6.07, 6.45) is 5.31. The van der Waals surface area contributed by atoms with Crippen LogP contribution in [0.25, 0.3) is 10.8 Å². The molecule has 0 unspecified atom stereocenters. The number of alkyl halides is 3. The molecule has 7 heteroatoms. The van der Waals surface area contributed by atoms with E-state index >= 15 is 0 Å². The van der Waals surface area contributed by atoms with Gasteiger partial charge in [-0.05, 0) is 54.8 Å². The smallest absolute Gasteiger partial charge is 0.409 e. The molecule has 0 radical (unpaired) electrons. The van der Waals surface area contributed by atoms with Crippen LogP contribution in [0, 0.1) is 5.41 Å². The second kappa shape index (κ2) is 11.4. The van der Waals surface area contributed by atoms with Crippen molar-refractivity contribution in [3.8, 4) is 5.75 Å². The Labute approximate surface area is 200 Å². The third-order valence-electron chi connectivity index (χ3n) is 6.47. The predicted octanol–water partition coefficient (Wildman–Crippen LogP) is 7.34. The first-order chi connectivity index (χ1) is 16.1. The van der Waals surface area contributed by atoms with Gasteiger partial charge in [-0.1, -0.05) is 70.1 Å². The van der Waals surface area contributed by atoms with Gasteiger partial charge in [0.15, 0.2) is 0 Å². The van der Waals surface area contributed by atoms with Gasteiger partial charge < -0.3 is 4.74 Å². The molecule has 1 atom stereocenters. The minimum atomic E-state index is -4.53. The molecule has 34 heavy (non-hydrogen) atoms. The van der Waals surface area contributed by atoms with E-state index in [0.29, 0.717) is 12.0 Å². The summed E-state index contributed by atoms with van der Waals surface area (Å²) in [6, 6.07) is 8.29. The zero-order chi connectivity index (χ0) is 24.8. The maximum atomic E-state index is 14.0. The van der Waals surface area contributed by atoms with E-state index in [1.807, 2.05) is 6.07 Å². The lowest BCUT2D eigenvalue weighted by Gasteiger charge is -2.30. The zero-order valence-electron chi connectivity index (χ0n) is 20.5. The highest BCUT2D eigenvalue weighted by molar-refractivity contribution is 5.85. The van der Waals surface area contributed by atoms with E-state index in [9.17, 15) is 18.0 Å². The third-order valence-corrected chi connectivity index (χ3v) is 6.47. The first kappa shape index (κ1) is 26.3. The zero-order valence-corrected chi connectivity index (χ0v) is 20.5. The topological polar surface area (TPSA) is 41.6 Å². The van der Waals surface area contributed by atoms with Crippen LogP contribution >= 0.6 is 0 Å². The van der Waals surface area contributed by atoms with Gasteiger partial charge in [0.05, 0.1) is 12.0 Å².